The second-order valence-electron chi connectivity index (χ2n) is 5.73. The Morgan fingerprint density at radius 3 is 2.47 bits per heavy atom. The van der Waals surface area contributed by atoms with E-state index in [-0.39, 0.29) is 18.3 Å². The van der Waals surface area contributed by atoms with Crippen molar-refractivity contribution in [3.05, 3.63) is 0 Å². The predicted molar refractivity (Wildman–Crippen MR) is 82.8 cm³/mol. The van der Waals surface area contributed by atoms with Crippen molar-refractivity contribution < 1.29 is 4.79 Å². The number of nitrogens with one attached hydrogen (secondary N) is 2. The molecule has 1 saturated heterocycles. The van der Waals surface area contributed by atoms with Gasteiger partial charge in [-0.15, -0.1) is 12.4 Å². The maximum atomic E-state index is 11.7. The Labute approximate surface area is 124 Å². The van der Waals surface area contributed by atoms with Crippen LogP contribution in [0, 0.1) is 11.8 Å². The predicted octanol–water partition coefficient (Wildman–Crippen LogP) is 1.50. The van der Waals surface area contributed by atoms with Gasteiger partial charge in [0, 0.05) is 6.54 Å². The summed E-state index contributed by atoms with van der Waals surface area (Å²) in [4.78, 5) is 14.0. The van der Waals surface area contributed by atoms with Gasteiger partial charge in [0.2, 0.25) is 5.91 Å². The SMILES string of the molecule is CCNCC1CCN(CC(=O)NCC(C)C)CC1.Cl. The summed E-state index contributed by atoms with van der Waals surface area (Å²) in [5.74, 6) is 1.49. The molecular formula is C14H30ClN3O. The number of rotatable bonds is 7. The normalized spacial score (nSPS) is 17.3. The minimum atomic E-state index is 0. The van der Waals surface area contributed by atoms with Crippen molar-refractivity contribution in [1.29, 1.82) is 0 Å². The van der Waals surface area contributed by atoms with Gasteiger partial charge in [0.15, 0.2) is 0 Å². The summed E-state index contributed by atoms with van der Waals surface area (Å²) >= 11 is 0. The molecule has 0 spiro atoms. The fourth-order valence-corrected chi connectivity index (χ4v) is 2.27. The van der Waals surface area contributed by atoms with Crippen molar-refractivity contribution in [3.63, 3.8) is 0 Å². The number of carbonyl (C=O) groups excluding carboxylic acids is 1. The molecule has 1 aliphatic heterocycles. The highest BCUT2D eigenvalue weighted by Gasteiger charge is 2.20. The molecule has 5 heteroatoms. The van der Waals surface area contributed by atoms with Gasteiger partial charge >= 0.3 is 0 Å². The Balaban J connectivity index is 0.00000324. The van der Waals surface area contributed by atoms with E-state index in [0.29, 0.717) is 12.5 Å². The fourth-order valence-electron chi connectivity index (χ4n) is 2.27. The first kappa shape index (κ1) is 18.7. The summed E-state index contributed by atoms with van der Waals surface area (Å²) in [6, 6.07) is 0. The van der Waals surface area contributed by atoms with Crippen LogP contribution in [-0.2, 0) is 4.79 Å². The minimum Gasteiger partial charge on any atom is -0.355 e. The van der Waals surface area contributed by atoms with E-state index >= 15 is 0 Å². The van der Waals surface area contributed by atoms with Crippen molar-refractivity contribution in [1.82, 2.24) is 15.5 Å². The van der Waals surface area contributed by atoms with Crippen LogP contribution < -0.4 is 10.6 Å². The van der Waals surface area contributed by atoms with E-state index in [1.165, 1.54) is 12.8 Å². The van der Waals surface area contributed by atoms with Gasteiger partial charge in [0.05, 0.1) is 6.54 Å². The molecule has 2 N–H and O–H groups in total. The molecule has 1 fully saturated rings. The van der Waals surface area contributed by atoms with Crippen molar-refractivity contribution >= 4 is 18.3 Å². The van der Waals surface area contributed by atoms with Crippen LogP contribution in [0.2, 0.25) is 0 Å². The Kier molecular flexibility index (Phi) is 10.3. The molecule has 0 saturated carbocycles. The lowest BCUT2D eigenvalue weighted by Gasteiger charge is -2.31. The molecule has 114 valence electrons. The summed E-state index contributed by atoms with van der Waals surface area (Å²) in [7, 11) is 0. The molecular weight excluding hydrogens is 262 g/mol. The highest BCUT2D eigenvalue weighted by Crippen LogP contribution is 2.15. The lowest BCUT2D eigenvalue weighted by atomic mass is 9.97. The van der Waals surface area contributed by atoms with Crippen LogP contribution in [-0.4, -0.2) is 50.1 Å². The van der Waals surface area contributed by atoms with Gasteiger partial charge in [-0.2, -0.15) is 0 Å². The van der Waals surface area contributed by atoms with Crippen LogP contribution >= 0.6 is 12.4 Å². The Morgan fingerprint density at radius 1 is 1.32 bits per heavy atom. The van der Waals surface area contributed by atoms with Crippen LogP contribution in [0.3, 0.4) is 0 Å². The molecule has 1 heterocycles. The lowest BCUT2D eigenvalue weighted by molar-refractivity contribution is -0.122. The van der Waals surface area contributed by atoms with Gasteiger partial charge < -0.3 is 10.6 Å². The number of piperidine rings is 1. The van der Waals surface area contributed by atoms with E-state index in [2.05, 4.69) is 36.3 Å². The molecule has 0 unspecified atom stereocenters. The van der Waals surface area contributed by atoms with E-state index in [9.17, 15) is 4.79 Å². The average molecular weight is 292 g/mol. The Hall–Kier alpha value is -0.320. The summed E-state index contributed by atoms with van der Waals surface area (Å²) in [5, 5.41) is 6.39. The third-order valence-electron chi connectivity index (χ3n) is 3.46. The third kappa shape index (κ3) is 8.45. The van der Waals surface area contributed by atoms with Gasteiger partial charge in [-0.3, -0.25) is 9.69 Å². The average Bonchev–Trinajstić information content (AvgIpc) is 2.35. The maximum absolute atomic E-state index is 11.7. The Morgan fingerprint density at radius 2 is 1.95 bits per heavy atom. The van der Waals surface area contributed by atoms with E-state index in [1.54, 1.807) is 0 Å². The number of carbonyl (C=O) groups is 1. The van der Waals surface area contributed by atoms with Crippen molar-refractivity contribution in [3.8, 4) is 0 Å². The van der Waals surface area contributed by atoms with Gasteiger partial charge in [-0.1, -0.05) is 20.8 Å². The van der Waals surface area contributed by atoms with E-state index < -0.39 is 0 Å². The van der Waals surface area contributed by atoms with Gasteiger partial charge in [-0.25, -0.2) is 0 Å². The van der Waals surface area contributed by atoms with Crippen molar-refractivity contribution in [2.45, 2.75) is 33.6 Å². The summed E-state index contributed by atoms with van der Waals surface area (Å²) in [5.41, 5.74) is 0. The van der Waals surface area contributed by atoms with E-state index in [1.807, 2.05) is 0 Å². The standard InChI is InChI=1S/C14H29N3O.ClH/c1-4-15-10-13-5-7-17(8-6-13)11-14(18)16-9-12(2)3;/h12-13,15H,4-11H2,1-3H3,(H,16,18);1H. The zero-order chi connectivity index (χ0) is 13.4. The number of hydrogen-bond donors (Lipinski definition) is 2. The molecule has 1 rings (SSSR count). The molecule has 0 aromatic rings. The highest BCUT2D eigenvalue weighted by atomic mass is 35.5. The van der Waals surface area contributed by atoms with Gasteiger partial charge in [0.25, 0.3) is 0 Å². The third-order valence-corrected chi connectivity index (χ3v) is 3.46. The first-order chi connectivity index (χ1) is 8.61. The monoisotopic (exact) mass is 291 g/mol. The second-order valence-corrected chi connectivity index (χ2v) is 5.73. The molecule has 0 bridgehead atoms. The maximum Gasteiger partial charge on any atom is 0.234 e. The zero-order valence-corrected chi connectivity index (χ0v) is 13.4. The molecule has 1 aliphatic rings. The topological polar surface area (TPSA) is 44.4 Å². The smallest absolute Gasteiger partial charge is 0.234 e. The molecule has 0 aromatic heterocycles. The second kappa shape index (κ2) is 10.5. The molecule has 0 atom stereocenters. The molecule has 1 amide bonds. The fraction of sp³-hybridized carbons (Fsp3) is 0.929. The number of amides is 1. The molecule has 0 aliphatic carbocycles. The summed E-state index contributed by atoms with van der Waals surface area (Å²) in [6.45, 7) is 12.0. The van der Waals surface area contributed by atoms with E-state index in [4.69, 9.17) is 0 Å². The van der Waals surface area contributed by atoms with Crippen molar-refractivity contribution in [2.24, 2.45) is 11.8 Å². The number of hydrogen-bond acceptors (Lipinski definition) is 3. The van der Waals surface area contributed by atoms with Gasteiger partial charge in [-0.05, 0) is 50.9 Å². The van der Waals surface area contributed by atoms with Crippen LogP contribution in [0.5, 0.6) is 0 Å². The van der Waals surface area contributed by atoms with Crippen LogP contribution in [0.4, 0.5) is 0 Å². The van der Waals surface area contributed by atoms with Crippen LogP contribution in [0.25, 0.3) is 0 Å². The lowest BCUT2D eigenvalue weighted by Crippen LogP contribution is -2.43. The largest absolute Gasteiger partial charge is 0.355 e. The Bertz CT molecular complexity index is 241. The van der Waals surface area contributed by atoms with Crippen LogP contribution in [0.15, 0.2) is 0 Å². The molecule has 19 heavy (non-hydrogen) atoms. The number of nitrogens with zero attached hydrogens (tertiary/aromatic N) is 1. The molecule has 0 radical (unpaired) electrons. The highest BCUT2D eigenvalue weighted by molar-refractivity contribution is 5.85. The number of halogens is 1. The van der Waals surface area contributed by atoms with Gasteiger partial charge in [0.1, 0.15) is 0 Å². The zero-order valence-electron chi connectivity index (χ0n) is 12.6. The molecule has 4 nitrogen and oxygen atoms in total. The summed E-state index contributed by atoms with van der Waals surface area (Å²) in [6.07, 6.45) is 2.43. The first-order valence-corrected chi connectivity index (χ1v) is 7.31. The summed E-state index contributed by atoms with van der Waals surface area (Å²) < 4.78 is 0. The first-order valence-electron chi connectivity index (χ1n) is 7.31. The van der Waals surface area contributed by atoms with E-state index in [0.717, 1.165) is 38.6 Å². The van der Waals surface area contributed by atoms with Crippen LogP contribution in [0.1, 0.15) is 33.6 Å². The number of likely N-dealkylation sites (tertiary alicyclic amines) is 1. The quantitative estimate of drug-likeness (QED) is 0.747. The molecule has 0 aromatic carbocycles. The minimum absolute atomic E-state index is 0. The van der Waals surface area contributed by atoms with Crippen molar-refractivity contribution in [2.75, 3.05) is 39.3 Å².